The Morgan fingerprint density at radius 3 is 1.59 bits per heavy atom. The van der Waals surface area contributed by atoms with Gasteiger partial charge >= 0.3 is 0 Å². The third-order valence-corrected chi connectivity index (χ3v) is 5.24. The van der Waals surface area contributed by atoms with E-state index in [1.807, 2.05) is 0 Å². The lowest BCUT2D eigenvalue weighted by molar-refractivity contribution is 1.46. The zero-order valence-electron chi connectivity index (χ0n) is 17.3. The van der Waals surface area contributed by atoms with Crippen molar-refractivity contribution < 1.29 is 0 Å². The average molecular weight is 375 g/mol. The summed E-state index contributed by atoms with van der Waals surface area (Å²) in [7, 11) is 0. The van der Waals surface area contributed by atoms with Crippen LogP contribution in [-0.2, 0) is 0 Å². The molecule has 0 fully saturated rings. The predicted octanol–water partition coefficient (Wildman–Crippen LogP) is 8.11. The molecule has 0 N–H and O–H groups in total. The molecule has 0 aliphatic heterocycles. The average Bonchev–Trinajstić information content (AvgIpc) is 2.73. The Kier molecular flexibility index (Phi) is 5.44. The second-order valence-corrected chi connectivity index (χ2v) is 7.82. The second-order valence-electron chi connectivity index (χ2n) is 7.82. The van der Waals surface area contributed by atoms with Crippen molar-refractivity contribution in [2.24, 2.45) is 0 Å². The van der Waals surface area contributed by atoms with Crippen LogP contribution in [0.25, 0.3) is 35.1 Å². The van der Waals surface area contributed by atoms with E-state index in [1.54, 1.807) is 0 Å². The van der Waals surface area contributed by atoms with Crippen LogP contribution in [0.1, 0.15) is 38.9 Å². The van der Waals surface area contributed by atoms with Gasteiger partial charge in [0.25, 0.3) is 0 Å². The fraction of sp³-hybridized carbons (Fsp3) is 0.103. The first-order chi connectivity index (χ1) is 14.1. The van der Waals surface area contributed by atoms with Crippen LogP contribution in [0.15, 0.2) is 78.9 Å². The van der Waals surface area contributed by atoms with Crippen LogP contribution >= 0.6 is 0 Å². The number of rotatable bonds is 4. The molecule has 0 spiro atoms. The fourth-order valence-corrected chi connectivity index (χ4v) is 3.49. The van der Waals surface area contributed by atoms with Gasteiger partial charge in [0.15, 0.2) is 0 Å². The summed E-state index contributed by atoms with van der Waals surface area (Å²) < 4.78 is 0. The quantitative estimate of drug-likeness (QED) is 0.316. The molecule has 0 saturated heterocycles. The lowest BCUT2D eigenvalue weighted by Crippen LogP contribution is -1.84. The van der Waals surface area contributed by atoms with Crippen LogP contribution in [0, 0.1) is 20.8 Å². The maximum Gasteiger partial charge on any atom is -0.0108 e. The number of benzene rings is 4. The van der Waals surface area contributed by atoms with Gasteiger partial charge in [-0.2, -0.15) is 0 Å². The van der Waals surface area contributed by atoms with E-state index in [-0.39, 0.29) is 0 Å². The van der Waals surface area contributed by atoms with Gasteiger partial charge in [-0.25, -0.2) is 0 Å². The van der Waals surface area contributed by atoms with E-state index in [4.69, 9.17) is 0 Å². The van der Waals surface area contributed by atoms with E-state index in [2.05, 4.69) is 124 Å². The van der Waals surface area contributed by atoms with Crippen LogP contribution in [0.3, 0.4) is 0 Å². The molecule has 0 atom stereocenters. The highest BCUT2D eigenvalue weighted by Gasteiger charge is 2.02. The Hall–Kier alpha value is -3.38. The Morgan fingerprint density at radius 1 is 0.448 bits per heavy atom. The monoisotopic (exact) mass is 374 g/mol. The molecule has 0 amide bonds. The molecule has 4 aromatic rings. The molecule has 142 valence electrons. The number of hydrogen-bond donors (Lipinski definition) is 0. The highest BCUT2D eigenvalue weighted by molar-refractivity contribution is 5.95. The largest absolute Gasteiger partial charge is 0.0587 e. The molecule has 0 unspecified atom stereocenters. The third kappa shape index (κ3) is 4.73. The Bertz CT molecular complexity index is 1190. The van der Waals surface area contributed by atoms with Crippen LogP contribution < -0.4 is 0 Å². The molecule has 0 aliphatic rings. The van der Waals surface area contributed by atoms with Gasteiger partial charge < -0.3 is 0 Å². The molecule has 0 heterocycles. The molecular weight excluding hydrogens is 348 g/mol. The van der Waals surface area contributed by atoms with Gasteiger partial charge in [0, 0.05) is 0 Å². The summed E-state index contributed by atoms with van der Waals surface area (Å²) in [5.74, 6) is 0. The van der Waals surface area contributed by atoms with Gasteiger partial charge in [0.2, 0.25) is 0 Å². The Labute approximate surface area is 173 Å². The van der Waals surface area contributed by atoms with E-state index in [9.17, 15) is 0 Å². The molecule has 0 heteroatoms. The highest BCUT2D eigenvalue weighted by atomic mass is 14.1. The van der Waals surface area contributed by atoms with Crippen molar-refractivity contribution >= 4 is 35.1 Å². The zero-order valence-corrected chi connectivity index (χ0v) is 17.3. The topological polar surface area (TPSA) is 0 Å². The van der Waals surface area contributed by atoms with Crippen molar-refractivity contribution in [1.82, 2.24) is 0 Å². The van der Waals surface area contributed by atoms with Gasteiger partial charge in [0.05, 0.1) is 0 Å². The molecule has 0 saturated carbocycles. The first-order valence-electron chi connectivity index (χ1n) is 10.1. The second kappa shape index (κ2) is 8.32. The Balaban J connectivity index is 1.73. The van der Waals surface area contributed by atoms with E-state index >= 15 is 0 Å². The van der Waals surface area contributed by atoms with Gasteiger partial charge in [0.1, 0.15) is 0 Å². The number of hydrogen-bond acceptors (Lipinski definition) is 0. The lowest BCUT2D eigenvalue weighted by atomic mass is 9.97. The molecule has 4 aromatic carbocycles. The number of aryl methyl sites for hydroxylation is 3. The van der Waals surface area contributed by atoms with Crippen molar-refractivity contribution in [3.63, 3.8) is 0 Å². The van der Waals surface area contributed by atoms with Gasteiger partial charge in [-0.05, 0) is 65.9 Å². The van der Waals surface area contributed by atoms with Crippen LogP contribution in [0.2, 0.25) is 0 Å². The van der Waals surface area contributed by atoms with E-state index in [0.29, 0.717) is 0 Å². The SMILES string of the molecule is Cc1ccc(C=Cc2cc(C=Cc3ccc(C)cc3)c3cc(C)ccc3c2)cc1. The van der Waals surface area contributed by atoms with Crippen molar-refractivity contribution in [3.8, 4) is 0 Å². The van der Waals surface area contributed by atoms with E-state index in [1.165, 1.54) is 49.7 Å². The third-order valence-electron chi connectivity index (χ3n) is 5.24. The minimum atomic E-state index is 1.21. The normalized spacial score (nSPS) is 11.7. The smallest absolute Gasteiger partial charge is 0.0108 e. The minimum Gasteiger partial charge on any atom is -0.0587 e. The standard InChI is InChI=1S/C29H26/c1-21-4-9-24(10-5-21)13-14-26-19-27-16-8-23(3)18-29(27)28(20-26)17-15-25-11-6-22(2)7-12-25/h4-20H,1-3H3. The van der Waals surface area contributed by atoms with Crippen molar-refractivity contribution in [3.05, 3.63) is 118 Å². The molecule has 0 bridgehead atoms. The summed E-state index contributed by atoms with van der Waals surface area (Å²) in [6.45, 7) is 6.39. The molecule has 0 nitrogen and oxygen atoms in total. The molecule has 0 aliphatic carbocycles. The lowest BCUT2D eigenvalue weighted by Gasteiger charge is -2.07. The van der Waals surface area contributed by atoms with Crippen LogP contribution in [0.5, 0.6) is 0 Å². The van der Waals surface area contributed by atoms with Crippen molar-refractivity contribution in [2.45, 2.75) is 20.8 Å². The number of fused-ring (bicyclic) bond motifs is 1. The molecule has 0 aromatic heterocycles. The van der Waals surface area contributed by atoms with E-state index < -0.39 is 0 Å². The maximum absolute atomic E-state index is 2.28. The predicted molar refractivity (Wildman–Crippen MR) is 129 cm³/mol. The summed E-state index contributed by atoms with van der Waals surface area (Å²) in [4.78, 5) is 0. The van der Waals surface area contributed by atoms with Gasteiger partial charge in [-0.1, -0.05) is 108 Å². The fourth-order valence-electron chi connectivity index (χ4n) is 3.49. The zero-order chi connectivity index (χ0) is 20.2. The van der Waals surface area contributed by atoms with Crippen LogP contribution in [-0.4, -0.2) is 0 Å². The van der Waals surface area contributed by atoms with Gasteiger partial charge in [-0.3, -0.25) is 0 Å². The molecule has 0 radical (unpaired) electrons. The first-order valence-corrected chi connectivity index (χ1v) is 10.1. The highest BCUT2D eigenvalue weighted by Crippen LogP contribution is 2.26. The Morgan fingerprint density at radius 2 is 0.966 bits per heavy atom. The van der Waals surface area contributed by atoms with E-state index in [0.717, 1.165) is 0 Å². The first kappa shape index (κ1) is 19.0. The van der Waals surface area contributed by atoms with Gasteiger partial charge in [-0.15, -0.1) is 0 Å². The summed E-state index contributed by atoms with van der Waals surface area (Å²) >= 11 is 0. The summed E-state index contributed by atoms with van der Waals surface area (Å²) in [5, 5.41) is 2.56. The molecule has 4 rings (SSSR count). The maximum atomic E-state index is 2.28. The van der Waals surface area contributed by atoms with Crippen molar-refractivity contribution in [2.75, 3.05) is 0 Å². The summed E-state index contributed by atoms with van der Waals surface area (Å²) in [5.41, 5.74) is 8.75. The summed E-state index contributed by atoms with van der Waals surface area (Å²) in [6.07, 6.45) is 8.81. The molecular formula is C29H26. The summed E-state index contributed by atoms with van der Waals surface area (Å²) in [6, 6.07) is 28.5. The van der Waals surface area contributed by atoms with Crippen LogP contribution in [0.4, 0.5) is 0 Å². The van der Waals surface area contributed by atoms with Crippen molar-refractivity contribution in [1.29, 1.82) is 0 Å². The minimum absolute atomic E-state index is 1.21. The molecule has 29 heavy (non-hydrogen) atoms.